The fourth-order valence-electron chi connectivity index (χ4n) is 1.62. The van der Waals surface area contributed by atoms with E-state index in [1.165, 1.54) is 11.1 Å². The zero-order chi connectivity index (χ0) is 12.3. The lowest BCUT2D eigenvalue weighted by Crippen LogP contribution is -2.23. The van der Waals surface area contributed by atoms with Crippen LogP contribution < -0.4 is 4.90 Å². The third-order valence-corrected chi connectivity index (χ3v) is 2.38. The Hall–Kier alpha value is -1.77. The Morgan fingerprint density at radius 1 is 1.31 bits per heavy atom. The molecule has 0 aromatic heterocycles. The van der Waals surface area contributed by atoms with E-state index >= 15 is 0 Å². The molecule has 0 heterocycles. The van der Waals surface area contributed by atoms with Crippen LogP contribution in [0.3, 0.4) is 0 Å². The van der Waals surface area contributed by atoms with Gasteiger partial charge in [-0.3, -0.25) is 0 Å². The maximum Gasteiger partial charge on any atom is 0.332 e. The first-order chi connectivity index (χ1) is 7.40. The van der Waals surface area contributed by atoms with Gasteiger partial charge in [0.05, 0.1) is 0 Å². The molecule has 0 bridgehead atoms. The number of anilines is 1. The molecule has 3 nitrogen and oxygen atoms in total. The van der Waals surface area contributed by atoms with Gasteiger partial charge >= 0.3 is 5.97 Å². The Bertz CT molecular complexity index is 404. The van der Waals surface area contributed by atoms with Gasteiger partial charge in [0.15, 0.2) is 0 Å². The molecular formula is C13H17NO2. The summed E-state index contributed by atoms with van der Waals surface area (Å²) < 4.78 is 0. The van der Waals surface area contributed by atoms with Crippen molar-refractivity contribution in [3.63, 3.8) is 0 Å². The summed E-state index contributed by atoms with van der Waals surface area (Å²) in [5.41, 5.74) is 3.55. The Labute approximate surface area is 96.0 Å². The molecule has 0 saturated heterocycles. The van der Waals surface area contributed by atoms with Crippen LogP contribution in [0, 0.1) is 13.8 Å². The van der Waals surface area contributed by atoms with Crippen LogP contribution in [0.5, 0.6) is 0 Å². The average molecular weight is 219 g/mol. The highest BCUT2D eigenvalue weighted by molar-refractivity contribution is 5.87. The highest BCUT2D eigenvalue weighted by Crippen LogP contribution is 2.18. The van der Waals surface area contributed by atoms with Crippen LogP contribution in [0.15, 0.2) is 30.4 Å². The summed E-state index contributed by atoms with van der Waals surface area (Å²) in [7, 11) is 1.86. The summed E-state index contributed by atoms with van der Waals surface area (Å²) in [6.07, 6.45) is 0. The standard InChI is InChI=1S/C13H17NO2/c1-9-5-10(2)7-12(6-9)14(4)8-11(3)13(15)16/h5-7H,3,8H2,1-2,4H3,(H,15,16). The third kappa shape index (κ3) is 3.12. The van der Waals surface area contributed by atoms with Crippen LogP contribution in [0.2, 0.25) is 0 Å². The summed E-state index contributed by atoms with van der Waals surface area (Å²) in [5.74, 6) is -0.948. The van der Waals surface area contributed by atoms with Crippen molar-refractivity contribution in [1.82, 2.24) is 0 Å². The number of carboxylic acids is 1. The van der Waals surface area contributed by atoms with Gasteiger partial charge in [0, 0.05) is 24.9 Å². The molecule has 1 N–H and O–H groups in total. The molecule has 86 valence electrons. The molecule has 0 aliphatic rings. The largest absolute Gasteiger partial charge is 0.478 e. The van der Waals surface area contributed by atoms with Gasteiger partial charge in [0.25, 0.3) is 0 Å². The summed E-state index contributed by atoms with van der Waals surface area (Å²) in [6.45, 7) is 7.90. The van der Waals surface area contributed by atoms with Crippen molar-refractivity contribution in [3.05, 3.63) is 41.5 Å². The number of hydrogen-bond donors (Lipinski definition) is 1. The van der Waals surface area contributed by atoms with E-state index in [0.717, 1.165) is 5.69 Å². The molecule has 1 rings (SSSR count). The van der Waals surface area contributed by atoms with Gasteiger partial charge in [-0.05, 0) is 37.1 Å². The van der Waals surface area contributed by atoms with Crippen molar-refractivity contribution in [1.29, 1.82) is 0 Å². The maximum absolute atomic E-state index is 10.7. The van der Waals surface area contributed by atoms with Crippen molar-refractivity contribution in [2.24, 2.45) is 0 Å². The van der Waals surface area contributed by atoms with E-state index in [2.05, 4.69) is 12.6 Å². The number of aryl methyl sites for hydroxylation is 2. The summed E-state index contributed by atoms with van der Waals surface area (Å²) >= 11 is 0. The monoisotopic (exact) mass is 219 g/mol. The van der Waals surface area contributed by atoms with Crippen LogP contribution in [0.4, 0.5) is 5.69 Å². The van der Waals surface area contributed by atoms with E-state index in [1.807, 2.05) is 37.9 Å². The van der Waals surface area contributed by atoms with Crippen LogP contribution in [0.25, 0.3) is 0 Å². The third-order valence-electron chi connectivity index (χ3n) is 2.38. The zero-order valence-corrected chi connectivity index (χ0v) is 9.95. The highest BCUT2D eigenvalue weighted by atomic mass is 16.4. The van der Waals surface area contributed by atoms with Gasteiger partial charge in [0.1, 0.15) is 0 Å². The highest BCUT2D eigenvalue weighted by Gasteiger charge is 2.08. The second kappa shape index (κ2) is 4.84. The van der Waals surface area contributed by atoms with Crippen LogP contribution >= 0.6 is 0 Å². The first kappa shape index (κ1) is 12.3. The molecule has 1 aromatic carbocycles. The van der Waals surface area contributed by atoms with Crippen LogP contribution in [-0.4, -0.2) is 24.7 Å². The summed E-state index contributed by atoms with van der Waals surface area (Å²) in [6, 6.07) is 6.15. The lowest BCUT2D eigenvalue weighted by atomic mass is 10.1. The van der Waals surface area contributed by atoms with E-state index in [0.29, 0.717) is 6.54 Å². The van der Waals surface area contributed by atoms with Crippen molar-refractivity contribution >= 4 is 11.7 Å². The van der Waals surface area contributed by atoms with Gasteiger partial charge in [-0.25, -0.2) is 4.79 Å². The van der Waals surface area contributed by atoms with Crippen molar-refractivity contribution in [2.45, 2.75) is 13.8 Å². The second-order valence-electron chi connectivity index (χ2n) is 4.11. The number of rotatable bonds is 4. The Balaban J connectivity index is 2.84. The van der Waals surface area contributed by atoms with Crippen LogP contribution in [-0.2, 0) is 4.79 Å². The van der Waals surface area contributed by atoms with Crippen LogP contribution in [0.1, 0.15) is 11.1 Å². The van der Waals surface area contributed by atoms with E-state index in [4.69, 9.17) is 5.11 Å². The van der Waals surface area contributed by atoms with Crippen molar-refractivity contribution in [3.8, 4) is 0 Å². The molecular weight excluding hydrogens is 202 g/mol. The van der Waals surface area contributed by atoms with Crippen molar-refractivity contribution in [2.75, 3.05) is 18.5 Å². The fraction of sp³-hybridized carbons (Fsp3) is 0.308. The molecule has 0 unspecified atom stereocenters. The average Bonchev–Trinajstić information content (AvgIpc) is 2.15. The normalized spacial score (nSPS) is 9.94. The van der Waals surface area contributed by atoms with Crippen molar-refractivity contribution < 1.29 is 9.90 Å². The Morgan fingerprint density at radius 2 is 1.81 bits per heavy atom. The number of benzene rings is 1. The Kier molecular flexibility index (Phi) is 3.72. The number of hydrogen-bond acceptors (Lipinski definition) is 2. The minimum atomic E-state index is -0.948. The number of carboxylic acid groups (broad SMARTS) is 1. The van der Waals surface area contributed by atoms with Gasteiger partial charge in [-0.2, -0.15) is 0 Å². The van der Waals surface area contributed by atoms with E-state index in [9.17, 15) is 4.79 Å². The Morgan fingerprint density at radius 3 is 2.25 bits per heavy atom. The number of carbonyl (C=O) groups is 1. The molecule has 0 saturated carbocycles. The number of nitrogens with zero attached hydrogens (tertiary/aromatic N) is 1. The van der Waals surface area contributed by atoms with Gasteiger partial charge < -0.3 is 10.0 Å². The molecule has 0 spiro atoms. The first-order valence-corrected chi connectivity index (χ1v) is 5.10. The predicted octanol–water partition coefficient (Wildman–Crippen LogP) is 2.38. The second-order valence-corrected chi connectivity index (χ2v) is 4.11. The fourth-order valence-corrected chi connectivity index (χ4v) is 1.62. The molecule has 1 aromatic rings. The summed E-state index contributed by atoms with van der Waals surface area (Å²) in [5, 5.41) is 8.76. The zero-order valence-electron chi connectivity index (χ0n) is 9.95. The quantitative estimate of drug-likeness (QED) is 0.790. The predicted molar refractivity (Wildman–Crippen MR) is 66.0 cm³/mol. The molecule has 16 heavy (non-hydrogen) atoms. The lowest BCUT2D eigenvalue weighted by molar-refractivity contribution is -0.132. The maximum atomic E-state index is 10.7. The SMILES string of the molecule is C=C(CN(C)c1cc(C)cc(C)c1)C(=O)O. The van der Waals surface area contributed by atoms with Gasteiger partial charge in [0.2, 0.25) is 0 Å². The van der Waals surface area contributed by atoms with E-state index in [-0.39, 0.29) is 5.57 Å². The molecule has 0 amide bonds. The molecule has 0 radical (unpaired) electrons. The van der Waals surface area contributed by atoms with E-state index in [1.54, 1.807) is 0 Å². The molecule has 0 atom stereocenters. The topological polar surface area (TPSA) is 40.5 Å². The lowest BCUT2D eigenvalue weighted by Gasteiger charge is -2.20. The number of likely N-dealkylation sites (N-methyl/N-ethyl adjacent to an activating group) is 1. The minimum absolute atomic E-state index is 0.196. The first-order valence-electron chi connectivity index (χ1n) is 5.10. The molecule has 3 heteroatoms. The summed E-state index contributed by atoms with van der Waals surface area (Å²) in [4.78, 5) is 12.6. The van der Waals surface area contributed by atoms with Gasteiger partial charge in [-0.1, -0.05) is 12.6 Å². The minimum Gasteiger partial charge on any atom is -0.478 e. The van der Waals surface area contributed by atoms with Gasteiger partial charge in [-0.15, -0.1) is 0 Å². The van der Waals surface area contributed by atoms with E-state index < -0.39 is 5.97 Å². The molecule has 0 fully saturated rings. The molecule has 0 aliphatic carbocycles. The number of aliphatic carboxylic acids is 1. The molecule has 0 aliphatic heterocycles. The smallest absolute Gasteiger partial charge is 0.332 e.